The number of benzene rings is 1. The lowest BCUT2D eigenvalue weighted by Gasteiger charge is -2.07. The maximum atomic E-state index is 5.96. The van der Waals surface area contributed by atoms with Crippen molar-refractivity contribution in [1.29, 1.82) is 0 Å². The maximum Gasteiger partial charge on any atom is 0.238 e. The molecule has 0 atom stereocenters. The van der Waals surface area contributed by atoms with Crippen LogP contribution in [-0.4, -0.2) is 4.98 Å². The molecular formula is C12H10Cl2N2O. The SMILES string of the molecule is NCc1cccc(Oc2ncc(Cl)cc2Cl)c1. The van der Waals surface area contributed by atoms with Crippen molar-refractivity contribution in [2.75, 3.05) is 0 Å². The van der Waals surface area contributed by atoms with Crippen LogP contribution in [0.25, 0.3) is 0 Å². The van der Waals surface area contributed by atoms with E-state index >= 15 is 0 Å². The second kappa shape index (κ2) is 5.36. The molecule has 1 aromatic carbocycles. The zero-order valence-corrected chi connectivity index (χ0v) is 10.4. The summed E-state index contributed by atoms with van der Waals surface area (Å²) in [5, 5.41) is 0.841. The van der Waals surface area contributed by atoms with Crippen LogP contribution < -0.4 is 10.5 Å². The van der Waals surface area contributed by atoms with Gasteiger partial charge in [0.1, 0.15) is 10.8 Å². The van der Waals surface area contributed by atoms with Gasteiger partial charge in [-0.3, -0.25) is 0 Å². The molecule has 0 radical (unpaired) electrons. The van der Waals surface area contributed by atoms with E-state index in [1.807, 2.05) is 24.3 Å². The van der Waals surface area contributed by atoms with Gasteiger partial charge in [-0.2, -0.15) is 0 Å². The lowest BCUT2D eigenvalue weighted by atomic mass is 10.2. The van der Waals surface area contributed by atoms with Crippen LogP contribution >= 0.6 is 23.2 Å². The van der Waals surface area contributed by atoms with Gasteiger partial charge in [0, 0.05) is 12.7 Å². The zero-order valence-electron chi connectivity index (χ0n) is 8.86. The quantitative estimate of drug-likeness (QED) is 0.925. The lowest BCUT2D eigenvalue weighted by Crippen LogP contribution is -1.96. The second-order valence-corrected chi connectivity index (χ2v) is 4.24. The highest BCUT2D eigenvalue weighted by atomic mass is 35.5. The average molecular weight is 269 g/mol. The Morgan fingerprint density at radius 2 is 2.06 bits per heavy atom. The first kappa shape index (κ1) is 12.2. The van der Waals surface area contributed by atoms with Gasteiger partial charge in [-0.05, 0) is 23.8 Å². The summed E-state index contributed by atoms with van der Waals surface area (Å²) in [6.07, 6.45) is 1.48. The van der Waals surface area contributed by atoms with Gasteiger partial charge < -0.3 is 10.5 Å². The zero-order chi connectivity index (χ0) is 12.3. The molecule has 2 rings (SSSR count). The number of rotatable bonds is 3. The number of pyridine rings is 1. The topological polar surface area (TPSA) is 48.1 Å². The van der Waals surface area contributed by atoms with Gasteiger partial charge in [0.25, 0.3) is 0 Å². The monoisotopic (exact) mass is 268 g/mol. The predicted octanol–water partition coefficient (Wildman–Crippen LogP) is 3.64. The Morgan fingerprint density at radius 1 is 1.24 bits per heavy atom. The van der Waals surface area contributed by atoms with E-state index < -0.39 is 0 Å². The van der Waals surface area contributed by atoms with Crippen LogP contribution in [0.4, 0.5) is 0 Å². The van der Waals surface area contributed by atoms with Gasteiger partial charge >= 0.3 is 0 Å². The molecule has 2 N–H and O–H groups in total. The lowest BCUT2D eigenvalue weighted by molar-refractivity contribution is 0.462. The van der Waals surface area contributed by atoms with Crippen LogP contribution in [0.5, 0.6) is 11.6 Å². The fraction of sp³-hybridized carbons (Fsp3) is 0.0833. The van der Waals surface area contributed by atoms with E-state index in [2.05, 4.69) is 4.98 Å². The van der Waals surface area contributed by atoms with E-state index in [0.29, 0.717) is 28.2 Å². The highest BCUT2D eigenvalue weighted by Gasteiger charge is 2.05. The minimum atomic E-state index is 0.324. The molecule has 0 aliphatic heterocycles. The molecule has 3 nitrogen and oxygen atoms in total. The molecule has 0 fully saturated rings. The summed E-state index contributed by atoms with van der Waals surface area (Å²) in [5.74, 6) is 0.968. The number of halogens is 2. The Morgan fingerprint density at radius 3 is 2.76 bits per heavy atom. The number of hydrogen-bond donors (Lipinski definition) is 1. The van der Waals surface area contributed by atoms with E-state index in [9.17, 15) is 0 Å². The van der Waals surface area contributed by atoms with Crippen molar-refractivity contribution in [3.63, 3.8) is 0 Å². The van der Waals surface area contributed by atoms with Gasteiger partial charge in [-0.15, -0.1) is 0 Å². The van der Waals surface area contributed by atoms with Crippen molar-refractivity contribution in [3.05, 3.63) is 52.1 Å². The Labute approximate surface area is 109 Å². The third kappa shape index (κ3) is 3.09. The molecule has 0 aliphatic rings. The highest BCUT2D eigenvalue weighted by molar-refractivity contribution is 6.35. The maximum absolute atomic E-state index is 5.96. The molecule has 0 spiro atoms. The number of hydrogen-bond acceptors (Lipinski definition) is 3. The highest BCUT2D eigenvalue weighted by Crippen LogP contribution is 2.29. The predicted molar refractivity (Wildman–Crippen MR) is 68.7 cm³/mol. The normalized spacial score (nSPS) is 10.3. The largest absolute Gasteiger partial charge is 0.438 e. The summed E-state index contributed by atoms with van der Waals surface area (Å²) < 4.78 is 5.55. The van der Waals surface area contributed by atoms with Gasteiger partial charge in [-0.25, -0.2) is 4.98 Å². The smallest absolute Gasteiger partial charge is 0.238 e. The van der Waals surface area contributed by atoms with Crippen molar-refractivity contribution in [2.45, 2.75) is 6.54 Å². The van der Waals surface area contributed by atoms with E-state index in [1.54, 1.807) is 6.07 Å². The van der Waals surface area contributed by atoms with Crippen LogP contribution in [0, 0.1) is 0 Å². The second-order valence-electron chi connectivity index (χ2n) is 3.39. The summed E-state index contributed by atoms with van der Waals surface area (Å²) in [4.78, 5) is 4.01. The number of nitrogens with zero attached hydrogens (tertiary/aromatic N) is 1. The summed E-state index contributed by atoms with van der Waals surface area (Å²) >= 11 is 11.7. The first-order chi connectivity index (χ1) is 8.19. The molecule has 2 aromatic rings. The van der Waals surface area contributed by atoms with Gasteiger partial charge in [0.15, 0.2) is 0 Å². The average Bonchev–Trinajstić information content (AvgIpc) is 2.33. The number of aromatic nitrogens is 1. The van der Waals surface area contributed by atoms with Gasteiger partial charge in [-0.1, -0.05) is 35.3 Å². The van der Waals surface area contributed by atoms with Crippen molar-refractivity contribution in [1.82, 2.24) is 4.98 Å². The van der Waals surface area contributed by atoms with E-state index in [-0.39, 0.29) is 0 Å². The molecule has 17 heavy (non-hydrogen) atoms. The van der Waals surface area contributed by atoms with Crippen LogP contribution in [0.3, 0.4) is 0 Å². The number of nitrogens with two attached hydrogens (primary N) is 1. The molecular weight excluding hydrogens is 259 g/mol. The molecule has 0 aliphatic carbocycles. The first-order valence-corrected chi connectivity index (χ1v) is 5.72. The van der Waals surface area contributed by atoms with Crippen molar-refractivity contribution >= 4 is 23.2 Å². The molecule has 1 heterocycles. The molecule has 0 saturated heterocycles. The summed E-state index contributed by atoms with van der Waals surface area (Å²) in [5.41, 5.74) is 6.53. The third-order valence-electron chi connectivity index (χ3n) is 2.12. The molecule has 0 bridgehead atoms. The van der Waals surface area contributed by atoms with Crippen LogP contribution in [-0.2, 0) is 6.54 Å². The minimum absolute atomic E-state index is 0.324. The number of ether oxygens (including phenoxy) is 1. The molecule has 88 valence electrons. The van der Waals surface area contributed by atoms with Crippen molar-refractivity contribution in [3.8, 4) is 11.6 Å². The first-order valence-electron chi connectivity index (χ1n) is 4.97. The standard InChI is InChI=1S/C12H10Cl2N2O/c13-9-5-11(14)12(16-7-9)17-10-3-1-2-8(4-10)6-15/h1-5,7H,6,15H2. The molecule has 5 heteroatoms. The molecule has 0 amide bonds. The van der Waals surface area contributed by atoms with Crippen LogP contribution in [0.2, 0.25) is 10.0 Å². The van der Waals surface area contributed by atoms with Crippen LogP contribution in [0.1, 0.15) is 5.56 Å². The minimum Gasteiger partial charge on any atom is -0.438 e. The Kier molecular flexibility index (Phi) is 3.84. The molecule has 1 aromatic heterocycles. The van der Waals surface area contributed by atoms with E-state index in [1.165, 1.54) is 6.20 Å². The van der Waals surface area contributed by atoms with Crippen LogP contribution in [0.15, 0.2) is 36.5 Å². The van der Waals surface area contributed by atoms with E-state index in [0.717, 1.165) is 5.56 Å². The third-order valence-corrected chi connectivity index (χ3v) is 2.60. The van der Waals surface area contributed by atoms with E-state index in [4.69, 9.17) is 33.7 Å². The van der Waals surface area contributed by atoms with Crippen molar-refractivity contribution in [2.24, 2.45) is 5.73 Å². The van der Waals surface area contributed by atoms with Gasteiger partial charge in [0.05, 0.1) is 5.02 Å². The molecule has 0 unspecified atom stereocenters. The Bertz CT molecular complexity index is 532. The Balaban J connectivity index is 2.25. The summed E-state index contributed by atoms with van der Waals surface area (Å²) in [6, 6.07) is 9.02. The Hall–Kier alpha value is -1.29. The summed E-state index contributed by atoms with van der Waals surface area (Å²) in [6.45, 7) is 0.457. The fourth-order valence-corrected chi connectivity index (χ4v) is 1.74. The summed E-state index contributed by atoms with van der Waals surface area (Å²) in [7, 11) is 0. The van der Waals surface area contributed by atoms with Gasteiger partial charge in [0.2, 0.25) is 5.88 Å². The molecule has 0 saturated carbocycles. The van der Waals surface area contributed by atoms with Crippen molar-refractivity contribution < 1.29 is 4.74 Å². The fourth-order valence-electron chi connectivity index (χ4n) is 1.32.